The molecule has 0 aromatic rings. The van der Waals surface area contributed by atoms with Crippen LogP contribution in [0.1, 0.15) is 68.2 Å². The first-order valence-corrected chi connectivity index (χ1v) is 5.87. The Morgan fingerprint density at radius 3 is 1.07 bits per heavy atom. The molecule has 0 radical (unpaired) electrons. The van der Waals surface area contributed by atoms with Crippen LogP contribution in [-0.2, 0) is 0 Å². The molecule has 14 heavy (non-hydrogen) atoms. The zero-order valence-electron chi connectivity index (χ0n) is 11.4. The van der Waals surface area contributed by atoms with Gasteiger partial charge in [0.1, 0.15) is 0 Å². The van der Waals surface area contributed by atoms with Gasteiger partial charge >= 0.3 is 0 Å². The van der Waals surface area contributed by atoms with Crippen LogP contribution in [0.25, 0.3) is 0 Å². The molecule has 0 heterocycles. The van der Waals surface area contributed by atoms with E-state index in [9.17, 15) is 0 Å². The third-order valence-electron chi connectivity index (χ3n) is 4.36. The van der Waals surface area contributed by atoms with Gasteiger partial charge in [-0.25, -0.2) is 0 Å². The molecule has 0 aromatic carbocycles. The van der Waals surface area contributed by atoms with Gasteiger partial charge in [-0.1, -0.05) is 52.7 Å². The molecular weight excluding hydrogens is 168 g/mol. The lowest BCUT2D eigenvalue weighted by atomic mass is 9.72. The van der Waals surface area contributed by atoms with Crippen molar-refractivity contribution in [3.05, 3.63) is 11.1 Å². The monoisotopic (exact) mass is 196 g/mol. The molecule has 0 saturated carbocycles. The van der Waals surface area contributed by atoms with E-state index < -0.39 is 0 Å². The minimum absolute atomic E-state index is 0.358. The second kappa shape index (κ2) is 4.51. The van der Waals surface area contributed by atoms with Gasteiger partial charge in [-0.2, -0.15) is 0 Å². The van der Waals surface area contributed by atoms with Crippen molar-refractivity contribution in [1.29, 1.82) is 0 Å². The van der Waals surface area contributed by atoms with Crippen LogP contribution in [0.5, 0.6) is 0 Å². The molecule has 0 fully saturated rings. The lowest BCUT2D eigenvalue weighted by molar-refractivity contribution is 0.379. The molecule has 0 aromatic heterocycles. The van der Waals surface area contributed by atoms with Gasteiger partial charge < -0.3 is 0 Å². The molecule has 0 saturated heterocycles. The molecule has 0 unspecified atom stereocenters. The molecule has 84 valence electrons. The first-order valence-electron chi connectivity index (χ1n) is 5.87. The van der Waals surface area contributed by atoms with Gasteiger partial charge in [0.15, 0.2) is 0 Å². The van der Waals surface area contributed by atoms with Gasteiger partial charge in [0.05, 0.1) is 0 Å². The summed E-state index contributed by atoms with van der Waals surface area (Å²) in [7, 11) is 0. The van der Waals surface area contributed by atoms with E-state index in [2.05, 4.69) is 55.4 Å². The van der Waals surface area contributed by atoms with Crippen LogP contribution in [0.4, 0.5) is 0 Å². The van der Waals surface area contributed by atoms with Crippen LogP contribution in [0, 0.1) is 10.8 Å². The number of hydrogen-bond donors (Lipinski definition) is 0. The maximum atomic E-state index is 2.34. The Kier molecular flexibility index (Phi) is 4.42. The van der Waals surface area contributed by atoms with E-state index >= 15 is 0 Å². The average Bonchev–Trinajstić information content (AvgIpc) is 2.15. The Morgan fingerprint density at radius 1 is 0.714 bits per heavy atom. The van der Waals surface area contributed by atoms with Crippen LogP contribution in [-0.4, -0.2) is 0 Å². The number of rotatable bonds is 4. The fourth-order valence-corrected chi connectivity index (χ4v) is 1.55. The minimum Gasteiger partial charge on any atom is -0.0682 e. The number of hydrogen-bond acceptors (Lipinski definition) is 0. The summed E-state index contributed by atoms with van der Waals surface area (Å²) in [6, 6.07) is 0. The van der Waals surface area contributed by atoms with Crippen molar-refractivity contribution in [2.75, 3.05) is 0 Å². The van der Waals surface area contributed by atoms with Gasteiger partial charge in [0, 0.05) is 0 Å². The van der Waals surface area contributed by atoms with Gasteiger partial charge in [-0.3, -0.25) is 0 Å². The van der Waals surface area contributed by atoms with Crippen molar-refractivity contribution in [3.63, 3.8) is 0 Å². The second-order valence-corrected chi connectivity index (χ2v) is 5.72. The van der Waals surface area contributed by atoms with Crippen molar-refractivity contribution in [2.24, 2.45) is 10.8 Å². The zero-order valence-corrected chi connectivity index (χ0v) is 11.4. The predicted octanol–water partition coefficient (Wildman–Crippen LogP) is 5.20. The Labute approximate surface area is 90.8 Å². The molecular formula is C14H28. The topological polar surface area (TPSA) is 0 Å². The van der Waals surface area contributed by atoms with Crippen LogP contribution in [0.15, 0.2) is 11.1 Å². The SMILES string of the molecule is CCC(C)(C)C(C)=C(C)C(C)(C)CC. The largest absolute Gasteiger partial charge is 0.0682 e. The molecule has 0 bridgehead atoms. The molecule has 0 heteroatoms. The lowest BCUT2D eigenvalue weighted by Gasteiger charge is -2.33. The molecule has 0 aliphatic heterocycles. The first kappa shape index (κ1) is 13.7. The van der Waals surface area contributed by atoms with Crippen LogP contribution in [0.2, 0.25) is 0 Å². The Morgan fingerprint density at radius 2 is 0.929 bits per heavy atom. The fourth-order valence-electron chi connectivity index (χ4n) is 1.55. The Bertz CT molecular complexity index is 192. The van der Waals surface area contributed by atoms with E-state index in [0.29, 0.717) is 10.8 Å². The van der Waals surface area contributed by atoms with E-state index in [-0.39, 0.29) is 0 Å². The van der Waals surface area contributed by atoms with E-state index in [4.69, 9.17) is 0 Å². The van der Waals surface area contributed by atoms with Crippen molar-refractivity contribution >= 4 is 0 Å². The second-order valence-electron chi connectivity index (χ2n) is 5.72. The summed E-state index contributed by atoms with van der Waals surface area (Å²) in [6.45, 7) is 18.5. The standard InChI is InChI=1S/C14H28/c1-9-13(5,6)11(3)12(4)14(7,8)10-2/h9-10H2,1-8H3. The smallest absolute Gasteiger partial charge is 0.0147 e. The quantitative estimate of drug-likeness (QED) is 0.542. The third-order valence-corrected chi connectivity index (χ3v) is 4.36. The zero-order chi connectivity index (χ0) is 11.6. The van der Waals surface area contributed by atoms with E-state index in [1.165, 1.54) is 12.8 Å². The van der Waals surface area contributed by atoms with Gasteiger partial charge in [0.2, 0.25) is 0 Å². The highest BCUT2D eigenvalue weighted by atomic mass is 14.3. The maximum absolute atomic E-state index is 2.34. The highest BCUT2D eigenvalue weighted by Crippen LogP contribution is 2.39. The van der Waals surface area contributed by atoms with Gasteiger partial charge in [-0.05, 0) is 37.5 Å². The molecule has 0 N–H and O–H groups in total. The minimum atomic E-state index is 0.358. The predicted molar refractivity (Wildman–Crippen MR) is 66.5 cm³/mol. The summed E-state index contributed by atoms with van der Waals surface area (Å²) >= 11 is 0. The molecule has 0 rings (SSSR count). The third kappa shape index (κ3) is 2.87. The van der Waals surface area contributed by atoms with Crippen molar-refractivity contribution in [3.8, 4) is 0 Å². The van der Waals surface area contributed by atoms with Crippen LogP contribution >= 0.6 is 0 Å². The average molecular weight is 196 g/mol. The van der Waals surface area contributed by atoms with Crippen molar-refractivity contribution in [2.45, 2.75) is 68.2 Å². The normalized spacial score (nSPS) is 15.4. The van der Waals surface area contributed by atoms with Crippen molar-refractivity contribution in [1.82, 2.24) is 0 Å². The molecule has 0 amide bonds. The van der Waals surface area contributed by atoms with Crippen molar-refractivity contribution < 1.29 is 0 Å². The summed E-state index contributed by atoms with van der Waals surface area (Å²) in [5, 5.41) is 0. The Balaban J connectivity index is 5.12. The molecule has 0 aliphatic carbocycles. The summed E-state index contributed by atoms with van der Waals surface area (Å²) < 4.78 is 0. The maximum Gasteiger partial charge on any atom is -0.0147 e. The summed E-state index contributed by atoms with van der Waals surface area (Å²) in [6.07, 6.45) is 2.44. The first-order chi connectivity index (χ1) is 6.19. The molecule has 0 spiro atoms. The van der Waals surface area contributed by atoms with Gasteiger partial charge in [-0.15, -0.1) is 0 Å². The van der Waals surface area contributed by atoms with E-state index in [1.807, 2.05) is 0 Å². The molecule has 0 atom stereocenters. The molecule has 0 aliphatic rings. The molecule has 0 nitrogen and oxygen atoms in total. The number of allylic oxidation sites excluding steroid dienone is 2. The summed E-state index contributed by atoms with van der Waals surface area (Å²) in [4.78, 5) is 0. The van der Waals surface area contributed by atoms with Crippen LogP contribution < -0.4 is 0 Å². The lowest BCUT2D eigenvalue weighted by Crippen LogP contribution is -2.20. The highest BCUT2D eigenvalue weighted by molar-refractivity contribution is 5.22. The van der Waals surface area contributed by atoms with E-state index in [1.54, 1.807) is 11.1 Å². The van der Waals surface area contributed by atoms with E-state index in [0.717, 1.165) is 0 Å². The summed E-state index contributed by atoms with van der Waals surface area (Å²) in [5.74, 6) is 0. The van der Waals surface area contributed by atoms with Gasteiger partial charge in [0.25, 0.3) is 0 Å². The van der Waals surface area contributed by atoms with Crippen LogP contribution in [0.3, 0.4) is 0 Å². The summed E-state index contributed by atoms with van der Waals surface area (Å²) in [5.41, 5.74) is 3.87. The highest BCUT2D eigenvalue weighted by Gasteiger charge is 2.25. The Hall–Kier alpha value is -0.260. The fraction of sp³-hybridized carbons (Fsp3) is 0.857.